The molecule has 0 aromatic rings. The van der Waals surface area contributed by atoms with Crippen molar-refractivity contribution in [2.24, 2.45) is 10.9 Å². The van der Waals surface area contributed by atoms with Gasteiger partial charge in [-0.3, -0.25) is 4.99 Å². The van der Waals surface area contributed by atoms with Crippen molar-refractivity contribution in [3.05, 3.63) is 0 Å². The number of hydrogen-bond acceptors (Lipinski definition) is 4. The Kier molecular flexibility index (Phi) is 10.8. The molecule has 2 heterocycles. The molecular formula is C16H31F3IN5O2S. The van der Waals surface area contributed by atoms with E-state index in [0.717, 1.165) is 19.5 Å². The molecule has 0 unspecified atom stereocenters. The zero-order valence-corrected chi connectivity index (χ0v) is 19.3. The van der Waals surface area contributed by atoms with Crippen LogP contribution in [-0.2, 0) is 10.0 Å². The Bertz CT molecular complexity index is 590. The molecular weight excluding hydrogens is 510 g/mol. The number of rotatable bonds is 7. The number of alkyl halides is 3. The maximum Gasteiger partial charge on any atom is 0.511 e. The Morgan fingerprint density at radius 3 is 2.25 bits per heavy atom. The smallest absolute Gasteiger partial charge is 0.356 e. The van der Waals surface area contributed by atoms with Crippen LogP contribution in [0.5, 0.6) is 0 Å². The summed E-state index contributed by atoms with van der Waals surface area (Å²) < 4.78 is 61.2. The molecule has 2 aliphatic rings. The Balaban J connectivity index is 0.00000392. The van der Waals surface area contributed by atoms with Crippen molar-refractivity contribution in [3.8, 4) is 0 Å². The topological polar surface area (TPSA) is 77.0 Å². The van der Waals surface area contributed by atoms with Crippen LogP contribution >= 0.6 is 24.0 Å². The fraction of sp³-hybridized carbons (Fsp3) is 0.938. The highest BCUT2D eigenvalue weighted by atomic mass is 127. The van der Waals surface area contributed by atoms with E-state index in [4.69, 9.17) is 0 Å². The van der Waals surface area contributed by atoms with Crippen molar-refractivity contribution in [1.82, 2.24) is 19.8 Å². The molecule has 0 aromatic carbocycles. The van der Waals surface area contributed by atoms with Crippen LogP contribution in [0.2, 0.25) is 0 Å². The molecule has 0 aliphatic carbocycles. The Morgan fingerprint density at radius 2 is 1.71 bits per heavy atom. The fourth-order valence-corrected chi connectivity index (χ4v) is 4.46. The average molecular weight is 541 g/mol. The third kappa shape index (κ3) is 7.48. The molecule has 2 rings (SSSR count). The van der Waals surface area contributed by atoms with Crippen LogP contribution in [0.25, 0.3) is 0 Å². The minimum absolute atomic E-state index is 0. The lowest BCUT2D eigenvalue weighted by Gasteiger charge is -2.31. The van der Waals surface area contributed by atoms with Crippen LogP contribution in [0.3, 0.4) is 0 Å². The largest absolute Gasteiger partial charge is 0.511 e. The summed E-state index contributed by atoms with van der Waals surface area (Å²) in [5.41, 5.74) is -5.22. The van der Waals surface area contributed by atoms with Gasteiger partial charge < -0.3 is 15.5 Å². The van der Waals surface area contributed by atoms with Gasteiger partial charge in [-0.1, -0.05) is 0 Å². The van der Waals surface area contributed by atoms with Crippen molar-refractivity contribution < 1.29 is 21.6 Å². The second-order valence-electron chi connectivity index (χ2n) is 7.08. The molecule has 2 aliphatic heterocycles. The number of nitrogens with one attached hydrogen (secondary N) is 2. The van der Waals surface area contributed by atoms with Gasteiger partial charge in [-0.2, -0.15) is 17.5 Å². The van der Waals surface area contributed by atoms with Gasteiger partial charge in [-0.25, -0.2) is 8.42 Å². The summed E-state index contributed by atoms with van der Waals surface area (Å²) in [4.78, 5) is 6.60. The van der Waals surface area contributed by atoms with Gasteiger partial charge in [0.05, 0.1) is 0 Å². The predicted molar refractivity (Wildman–Crippen MR) is 114 cm³/mol. The van der Waals surface area contributed by atoms with Gasteiger partial charge in [-0.05, 0) is 57.7 Å². The molecule has 0 aromatic heterocycles. The zero-order valence-electron chi connectivity index (χ0n) is 16.2. The van der Waals surface area contributed by atoms with Crippen molar-refractivity contribution in [3.63, 3.8) is 0 Å². The summed E-state index contributed by atoms with van der Waals surface area (Å²) in [6.45, 7) is 4.58. The number of aliphatic imine (C=N–C) groups is 1. The third-order valence-corrected chi connectivity index (χ3v) is 6.76. The minimum Gasteiger partial charge on any atom is -0.356 e. The van der Waals surface area contributed by atoms with Crippen molar-refractivity contribution in [1.29, 1.82) is 0 Å². The van der Waals surface area contributed by atoms with Gasteiger partial charge in [-0.15, -0.1) is 24.0 Å². The second kappa shape index (κ2) is 11.7. The maximum atomic E-state index is 12.6. The van der Waals surface area contributed by atoms with Crippen molar-refractivity contribution in [2.45, 2.75) is 37.6 Å². The highest BCUT2D eigenvalue weighted by Gasteiger charge is 2.50. The first-order valence-electron chi connectivity index (χ1n) is 9.47. The standard InChI is InChI=1S/C16H30F3N5O2S.HI/c1-20-15(21-7-4-10-23-8-2-3-9-23)22-13-14-5-11-24(12-6-14)27(25,26)16(17,18)19;/h14H,2-13H2,1H3,(H2,20,21,22);1H. The average Bonchev–Trinajstić information content (AvgIpc) is 3.14. The van der Waals surface area contributed by atoms with Gasteiger partial charge in [0.15, 0.2) is 5.96 Å². The van der Waals surface area contributed by atoms with Gasteiger partial charge in [0.1, 0.15) is 0 Å². The zero-order chi connectivity index (χ0) is 19.9. The number of halogens is 4. The van der Waals surface area contributed by atoms with Gasteiger partial charge in [0.2, 0.25) is 0 Å². The van der Waals surface area contributed by atoms with Crippen LogP contribution in [0.15, 0.2) is 4.99 Å². The molecule has 2 saturated heterocycles. The number of piperidine rings is 1. The lowest BCUT2D eigenvalue weighted by atomic mass is 9.98. The van der Waals surface area contributed by atoms with E-state index < -0.39 is 15.5 Å². The van der Waals surface area contributed by atoms with Crippen LogP contribution in [0.1, 0.15) is 32.1 Å². The molecule has 0 saturated carbocycles. The number of guanidine groups is 1. The number of sulfonamides is 1. The van der Waals surface area contributed by atoms with Crippen LogP contribution < -0.4 is 10.6 Å². The van der Waals surface area contributed by atoms with Crippen molar-refractivity contribution in [2.75, 3.05) is 52.9 Å². The third-order valence-electron chi connectivity index (χ3n) is 5.13. The molecule has 2 fully saturated rings. The van der Waals surface area contributed by atoms with Gasteiger partial charge in [0.25, 0.3) is 0 Å². The normalized spacial score (nSPS) is 20.8. The van der Waals surface area contributed by atoms with Gasteiger partial charge >= 0.3 is 15.5 Å². The SMILES string of the molecule is CN=C(NCCCN1CCCC1)NCC1CCN(S(=O)(=O)C(F)(F)F)CC1.I. The summed E-state index contributed by atoms with van der Waals surface area (Å²) in [6.07, 6.45) is 4.37. The lowest BCUT2D eigenvalue weighted by Crippen LogP contribution is -2.47. The number of nitrogens with zero attached hydrogens (tertiary/aromatic N) is 3. The van der Waals surface area contributed by atoms with E-state index in [2.05, 4.69) is 20.5 Å². The van der Waals surface area contributed by atoms with E-state index in [1.165, 1.54) is 25.9 Å². The first kappa shape index (κ1) is 25.7. The van der Waals surface area contributed by atoms with Crippen LogP contribution in [-0.4, -0.2) is 82.0 Å². The molecule has 0 spiro atoms. The van der Waals surface area contributed by atoms with Crippen LogP contribution in [0.4, 0.5) is 13.2 Å². The van der Waals surface area contributed by atoms with Gasteiger partial charge in [0, 0.05) is 33.2 Å². The quantitative estimate of drug-likeness (QED) is 0.223. The van der Waals surface area contributed by atoms with E-state index in [1.54, 1.807) is 7.05 Å². The van der Waals surface area contributed by atoms with E-state index in [1.807, 2.05) is 0 Å². The molecule has 28 heavy (non-hydrogen) atoms. The first-order chi connectivity index (χ1) is 12.7. The van der Waals surface area contributed by atoms with Crippen molar-refractivity contribution >= 4 is 40.0 Å². The fourth-order valence-electron chi connectivity index (χ4n) is 3.48. The monoisotopic (exact) mass is 541 g/mol. The van der Waals surface area contributed by atoms with E-state index in [9.17, 15) is 21.6 Å². The summed E-state index contributed by atoms with van der Waals surface area (Å²) >= 11 is 0. The molecule has 0 atom stereocenters. The maximum absolute atomic E-state index is 12.6. The number of likely N-dealkylation sites (tertiary alicyclic amines) is 1. The van der Waals surface area contributed by atoms with Crippen LogP contribution in [0, 0.1) is 5.92 Å². The summed E-state index contributed by atoms with van der Waals surface area (Å²) in [6, 6.07) is 0. The highest BCUT2D eigenvalue weighted by Crippen LogP contribution is 2.30. The predicted octanol–water partition coefficient (Wildman–Crippen LogP) is 1.82. The second-order valence-corrected chi connectivity index (χ2v) is 9.00. The first-order valence-corrected chi connectivity index (χ1v) is 10.9. The Morgan fingerprint density at radius 1 is 1.11 bits per heavy atom. The summed E-state index contributed by atoms with van der Waals surface area (Å²) in [7, 11) is -3.53. The number of hydrogen-bond donors (Lipinski definition) is 2. The highest BCUT2D eigenvalue weighted by molar-refractivity contribution is 14.0. The molecule has 166 valence electrons. The molecule has 12 heteroatoms. The molecule has 0 bridgehead atoms. The summed E-state index contributed by atoms with van der Waals surface area (Å²) in [5.74, 6) is 0.787. The molecule has 0 amide bonds. The van der Waals surface area contributed by atoms with E-state index in [-0.39, 0.29) is 43.0 Å². The molecule has 0 radical (unpaired) electrons. The minimum atomic E-state index is -5.22. The lowest BCUT2D eigenvalue weighted by molar-refractivity contribution is -0.0496. The summed E-state index contributed by atoms with van der Waals surface area (Å²) in [5, 5.41) is 6.43. The Labute approximate surface area is 182 Å². The Hall–Kier alpha value is -0.340. The molecule has 7 nitrogen and oxygen atoms in total. The molecule has 2 N–H and O–H groups in total. The van der Waals surface area contributed by atoms with E-state index >= 15 is 0 Å². The van der Waals surface area contributed by atoms with E-state index in [0.29, 0.717) is 29.7 Å².